The van der Waals surface area contributed by atoms with Gasteiger partial charge in [-0.3, -0.25) is 14.4 Å². The highest BCUT2D eigenvalue weighted by Crippen LogP contribution is 2.62. The molecule has 2 bridgehead atoms. The quantitative estimate of drug-likeness (QED) is 0.0779. The Labute approximate surface area is 296 Å². The largest absolute Gasteiger partial charge is 0.744 e. The normalized spacial score (nSPS) is 23.7. The maximum atomic E-state index is 13.0. The summed E-state index contributed by atoms with van der Waals surface area (Å²) in [5, 5.41) is 0. The van der Waals surface area contributed by atoms with E-state index in [1.807, 2.05) is 20.8 Å². The van der Waals surface area contributed by atoms with Crippen LogP contribution in [0.15, 0.2) is 135 Å². The second kappa shape index (κ2) is 14.5. The van der Waals surface area contributed by atoms with E-state index in [-0.39, 0.29) is 46.2 Å². The van der Waals surface area contributed by atoms with E-state index in [0.717, 1.165) is 12.1 Å². The van der Waals surface area contributed by atoms with Crippen molar-refractivity contribution in [2.75, 3.05) is 0 Å². The van der Waals surface area contributed by atoms with E-state index in [1.165, 1.54) is 26.8 Å². The highest BCUT2D eigenvalue weighted by Gasteiger charge is 2.68. The van der Waals surface area contributed by atoms with Gasteiger partial charge in [0, 0.05) is 24.2 Å². The molecular formula is C40H40O8S2. The fourth-order valence-electron chi connectivity index (χ4n) is 7.42. The molecule has 0 heterocycles. The third-order valence-electron chi connectivity index (χ3n) is 10.3. The Morgan fingerprint density at radius 1 is 0.780 bits per heavy atom. The third kappa shape index (κ3) is 7.29. The lowest BCUT2D eigenvalue weighted by atomic mass is 9.77. The molecule has 3 aliphatic rings. The minimum absolute atomic E-state index is 0.000506. The number of benzene rings is 4. The topological polar surface area (TPSA) is 127 Å². The van der Waals surface area contributed by atoms with E-state index < -0.39 is 44.3 Å². The lowest BCUT2D eigenvalue weighted by molar-refractivity contribution is -0.169. The van der Waals surface area contributed by atoms with E-state index in [4.69, 9.17) is 9.47 Å². The molecule has 6 atom stereocenters. The van der Waals surface area contributed by atoms with Crippen LogP contribution in [0.25, 0.3) is 0 Å². The Hall–Kier alpha value is -4.25. The van der Waals surface area contributed by atoms with Crippen LogP contribution >= 0.6 is 0 Å². The van der Waals surface area contributed by atoms with Crippen LogP contribution in [0, 0.1) is 35.0 Å². The van der Waals surface area contributed by atoms with Gasteiger partial charge in [0.15, 0.2) is 14.7 Å². The van der Waals surface area contributed by atoms with Crippen LogP contribution in [0.4, 0.5) is 0 Å². The first-order valence-corrected chi connectivity index (χ1v) is 19.4. The molecule has 0 spiro atoms. The zero-order valence-electron chi connectivity index (χ0n) is 28.1. The van der Waals surface area contributed by atoms with E-state index in [1.54, 1.807) is 0 Å². The van der Waals surface area contributed by atoms with Gasteiger partial charge in [0.25, 0.3) is 0 Å². The van der Waals surface area contributed by atoms with Crippen molar-refractivity contribution in [1.82, 2.24) is 0 Å². The number of ether oxygens (including phenoxy) is 2. The number of hydrogen-bond acceptors (Lipinski definition) is 8. The van der Waals surface area contributed by atoms with E-state index in [0.29, 0.717) is 19.3 Å². The van der Waals surface area contributed by atoms with Crippen LogP contribution in [-0.4, -0.2) is 36.8 Å². The minimum atomic E-state index is -4.60. The van der Waals surface area contributed by atoms with Crippen molar-refractivity contribution in [3.8, 4) is 5.75 Å². The zero-order chi connectivity index (χ0) is 35.6. The van der Waals surface area contributed by atoms with Gasteiger partial charge in [0.1, 0.15) is 27.8 Å². The van der Waals surface area contributed by atoms with Crippen LogP contribution in [0.1, 0.15) is 40.0 Å². The molecule has 3 saturated carbocycles. The number of Topliss-reactive ketones (excluding diaryl/α,β-unsaturated/α-hetero) is 1. The molecule has 8 nitrogen and oxygen atoms in total. The summed E-state index contributed by atoms with van der Waals surface area (Å²) in [4.78, 5) is 42.0. The van der Waals surface area contributed by atoms with Gasteiger partial charge in [0.05, 0.1) is 27.1 Å². The maximum Gasteiger partial charge on any atom is 0.315 e. The predicted octanol–water partition coefficient (Wildman–Crippen LogP) is 7.10. The lowest BCUT2D eigenvalue weighted by Crippen LogP contribution is -2.43. The van der Waals surface area contributed by atoms with Gasteiger partial charge in [0.2, 0.25) is 0 Å². The van der Waals surface area contributed by atoms with Crippen molar-refractivity contribution < 1.29 is 36.8 Å². The number of ketones is 1. The predicted molar refractivity (Wildman–Crippen MR) is 187 cm³/mol. The number of fused-ring (bicyclic) bond motifs is 1. The van der Waals surface area contributed by atoms with Crippen molar-refractivity contribution in [2.24, 2.45) is 35.0 Å². The average molecular weight is 713 g/mol. The summed E-state index contributed by atoms with van der Waals surface area (Å²) in [5.74, 6) is -2.31. The number of carbonyl (C=O) groups excluding carboxylic acids is 3. The first-order valence-electron chi connectivity index (χ1n) is 16.8. The Bertz CT molecular complexity index is 1840. The summed E-state index contributed by atoms with van der Waals surface area (Å²) in [6, 6.07) is 36.8. The first-order chi connectivity index (χ1) is 23.9. The Kier molecular flexibility index (Phi) is 10.3. The molecule has 0 aliphatic heterocycles. The first kappa shape index (κ1) is 35.6. The van der Waals surface area contributed by atoms with Gasteiger partial charge in [-0.1, -0.05) is 61.5 Å². The van der Waals surface area contributed by atoms with Crippen molar-refractivity contribution in [3.63, 3.8) is 0 Å². The zero-order valence-corrected chi connectivity index (χ0v) is 29.8. The SMILES string of the molecule is CCC(C)(C)C(=O)OC1C2CC(=O)C3C2CC1C3C(=O)Oc1ccc(S(=O)(=O)[O-])cc1.c1ccc([S+](c2ccccc2)c2ccccc2)cc1. The molecular weight excluding hydrogens is 673 g/mol. The fourth-order valence-corrected chi connectivity index (χ4v) is 9.99. The molecule has 260 valence electrons. The molecule has 0 radical (unpaired) electrons. The number of esters is 2. The van der Waals surface area contributed by atoms with E-state index >= 15 is 0 Å². The minimum Gasteiger partial charge on any atom is -0.744 e. The maximum absolute atomic E-state index is 13.0. The Morgan fingerprint density at radius 2 is 1.28 bits per heavy atom. The molecule has 4 aromatic rings. The monoisotopic (exact) mass is 712 g/mol. The fraction of sp³-hybridized carbons (Fsp3) is 0.325. The van der Waals surface area contributed by atoms with Gasteiger partial charge in [-0.2, -0.15) is 0 Å². The smallest absolute Gasteiger partial charge is 0.315 e. The summed E-state index contributed by atoms with van der Waals surface area (Å²) in [6.45, 7) is 5.52. The second-order valence-electron chi connectivity index (χ2n) is 13.6. The van der Waals surface area contributed by atoms with Crippen LogP contribution in [0.3, 0.4) is 0 Å². The molecule has 0 saturated heterocycles. The summed E-state index contributed by atoms with van der Waals surface area (Å²) in [5.41, 5.74) is -0.649. The summed E-state index contributed by atoms with van der Waals surface area (Å²) < 4.78 is 44.5. The number of rotatable bonds is 9. The van der Waals surface area contributed by atoms with Crippen molar-refractivity contribution in [2.45, 2.75) is 65.7 Å². The van der Waals surface area contributed by atoms with Crippen LogP contribution in [0.5, 0.6) is 5.75 Å². The third-order valence-corrected chi connectivity index (χ3v) is 13.4. The van der Waals surface area contributed by atoms with Crippen LogP contribution in [0.2, 0.25) is 0 Å². The Balaban J connectivity index is 0.000000194. The summed E-state index contributed by atoms with van der Waals surface area (Å²) >= 11 is 0. The van der Waals surface area contributed by atoms with Crippen molar-refractivity contribution >= 4 is 38.7 Å². The van der Waals surface area contributed by atoms with Gasteiger partial charge in [-0.05, 0) is 93.3 Å². The summed E-state index contributed by atoms with van der Waals surface area (Å²) in [6.07, 6.45) is 1.06. The number of hydrogen-bond donors (Lipinski definition) is 0. The molecule has 4 aromatic carbocycles. The molecule has 0 amide bonds. The molecule has 7 rings (SSSR count). The van der Waals surface area contributed by atoms with E-state index in [2.05, 4.69) is 91.0 Å². The Morgan fingerprint density at radius 3 is 1.74 bits per heavy atom. The van der Waals surface area contributed by atoms with Crippen LogP contribution < -0.4 is 4.74 Å². The van der Waals surface area contributed by atoms with Gasteiger partial charge < -0.3 is 14.0 Å². The highest BCUT2D eigenvalue weighted by molar-refractivity contribution is 7.97. The molecule has 50 heavy (non-hydrogen) atoms. The number of carbonyl (C=O) groups is 3. The molecule has 3 aliphatic carbocycles. The highest BCUT2D eigenvalue weighted by atomic mass is 32.2. The van der Waals surface area contributed by atoms with Gasteiger partial charge >= 0.3 is 11.9 Å². The molecule has 0 N–H and O–H groups in total. The standard InChI is InChI=1S/C22H26O8S.C18H15S/c1-4-22(2,3)21(25)30-19-14-10-16(23)17-13(14)9-15(19)18(17)20(24)29-11-5-7-12(8-6-11)31(26,27)28;1-4-10-16(11-5-1)19(17-12-6-2-7-13-17)18-14-8-3-9-15-18/h5-8,13-15,17-19H,4,9-10H2,1-3H3,(H,26,27,28);1-15H/q;+1/p-1. The summed E-state index contributed by atoms with van der Waals surface area (Å²) in [7, 11) is -4.62. The van der Waals surface area contributed by atoms with Gasteiger partial charge in [-0.15, -0.1) is 0 Å². The molecule has 3 fully saturated rings. The average Bonchev–Trinajstić information content (AvgIpc) is 3.74. The second-order valence-corrected chi connectivity index (χ2v) is 17.1. The van der Waals surface area contributed by atoms with E-state index in [9.17, 15) is 27.4 Å². The molecule has 10 heteroatoms. The van der Waals surface area contributed by atoms with Crippen molar-refractivity contribution in [3.05, 3.63) is 115 Å². The lowest BCUT2D eigenvalue weighted by Gasteiger charge is -2.34. The molecule has 0 aromatic heterocycles. The van der Waals surface area contributed by atoms with Crippen molar-refractivity contribution in [1.29, 1.82) is 0 Å². The van der Waals surface area contributed by atoms with Gasteiger partial charge in [-0.25, -0.2) is 8.42 Å². The van der Waals surface area contributed by atoms with Crippen LogP contribution in [-0.2, 0) is 40.1 Å². The molecule has 6 unspecified atom stereocenters.